The van der Waals surface area contributed by atoms with Crippen LogP contribution in [0.1, 0.15) is 56.0 Å². The molecule has 5 nitrogen and oxygen atoms in total. The average Bonchev–Trinajstić information content (AvgIpc) is 2.72. The molecule has 2 atom stereocenters. The lowest BCUT2D eigenvalue weighted by atomic mass is 9.70. The fourth-order valence-corrected chi connectivity index (χ4v) is 4.54. The highest BCUT2D eigenvalue weighted by molar-refractivity contribution is 6.30. The van der Waals surface area contributed by atoms with Crippen molar-refractivity contribution in [1.82, 2.24) is 15.2 Å². The Morgan fingerprint density at radius 2 is 1.81 bits per heavy atom. The first-order valence-corrected chi connectivity index (χ1v) is 11.3. The van der Waals surface area contributed by atoms with Crippen LogP contribution in [0.3, 0.4) is 0 Å². The second kappa shape index (κ2) is 9.58. The molecule has 1 fully saturated rings. The molecule has 1 aliphatic rings. The molecule has 1 saturated heterocycles. The Balaban J connectivity index is 1.72. The maximum atomic E-state index is 13.4. The SMILES string of the molecule is CC(C)[C@@H](NC(=O)c1ccc(Cl)nc1)C(=O)N1CCC(c2ccc(Cl)cc2)C(C)(C)C1. The van der Waals surface area contributed by atoms with E-state index < -0.39 is 6.04 Å². The summed E-state index contributed by atoms with van der Waals surface area (Å²) in [6.45, 7) is 9.53. The lowest BCUT2D eigenvalue weighted by Crippen LogP contribution is -2.55. The zero-order valence-corrected chi connectivity index (χ0v) is 19.9. The number of rotatable bonds is 5. The summed E-state index contributed by atoms with van der Waals surface area (Å²) in [6, 6.07) is 10.5. The molecule has 31 heavy (non-hydrogen) atoms. The van der Waals surface area contributed by atoms with E-state index >= 15 is 0 Å². The van der Waals surface area contributed by atoms with Crippen LogP contribution in [0.5, 0.6) is 0 Å². The molecule has 2 heterocycles. The minimum Gasteiger partial charge on any atom is -0.340 e. The van der Waals surface area contributed by atoms with Gasteiger partial charge in [-0.3, -0.25) is 9.59 Å². The summed E-state index contributed by atoms with van der Waals surface area (Å²) in [4.78, 5) is 31.9. The number of hydrogen-bond donors (Lipinski definition) is 1. The van der Waals surface area contributed by atoms with Gasteiger partial charge in [0, 0.05) is 24.3 Å². The van der Waals surface area contributed by atoms with Crippen molar-refractivity contribution in [2.45, 2.75) is 46.1 Å². The quantitative estimate of drug-likeness (QED) is 0.623. The smallest absolute Gasteiger partial charge is 0.253 e. The third kappa shape index (κ3) is 5.58. The predicted molar refractivity (Wildman–Crippen MR) is 125 cm³/mol. The van der Waals surface area contributed by atoms with Crippen LogP contribution in [0.4, 0.5) is 0 Å². The highest BCUT2D eigenvalue weighted by Gasteiger charge is 2.40. The minimum atomic E-state index is -0.606. The van der Waals surface area contributed by atoms with Crippen LogP contribution < -0.4 is 5.32 Å². The van der Waals surface area contributed by atoms with Crippen LogP contribution in [-0.2, 0) is 4.79 Å². The number of carbonyl (C=O) groups is 2. The molecule has 0 radical (unpaired) electrons. The molecule has 0 saturated carbocycles. The van der Waals surface area contributed by atoms with Gasteiger partial charge < -0.3 is 10.2 Å². The molecule has 1 unspecified atom stereocenters. The first-order valence-electron chi connectivity index (χ1n) is 10.5. The molecule has 166 valence electrons. The summed E-state index contributed by atoms with van der Waals surface area (Å²) in [5.74, 6) is -0.0886. The highest BCUT2D eigenvalue weighted by Crippen LogP contribution is 2.42. The molecule has 2 aromatic rings. The zero-order chi connectivity index (χ0) is 22.8. The Kier molecular flexibility index (Phi) is 7.28. The molecule has 1 aromatic carbocycles. The predicted octanol–water partition coefficient (Wildman–Crippen LogP) is 5.19. The molecule has 3 rings (SSSR count). The number of aromatic nitrogens is 1. The van der Waals surface area contributed by atoms with Crippen LogP contribution in [0.25, 0.3) is 0 Å². The topological polar surface area (TPSA) is 62.3 Å². The van der Waals surface area contributed by atoms with Gasteiger partial charge in [-0.05, 0) is 53.5 Å². The lowest BCUT2D eigenvalue weighted by molar-refractivity contribution is -0.137. The van der Waals surface area contributed by atoms with Gasteiger partial charge in [-0.1, -0.05) is 63.0 Å². The summed E-state index contributed by atoms with van der Waals surface area (Å²) >= 11 is 11.9. The van der Waals surface area contributed by atoms with E-state index in [2.05, 4.69) is 36.3 Å². The Hall–Kier alpha value is -2.11. The van der Waals surface area contributed by atoms with Gasteiger partial charge in [0.2, 0.25) is 5.91 Å². The van der Waals surface area contributed by atoms with Crippen molar-refractivity contribution in [3.8, 4) is 0 Å². The maximum Gasteiger partial charge on any atom is 0.253 e. The summed E-state index contributed by atoms with van der Waals surface area (Å²) in [5, 5.41) is 3.94. The van der Waals surface area contributed by atoms with Gasteiger partial charge in [-0.2, -0.15) is 0 Å². The van der Waals surface area contributed by atoms with Crippen molar-refractivity contribution in [1.29, 1.82) is 0 Å². The number of amides is 2. The van der Waals surface area contributed by atoms with E-state index in [0.29, 0.717) is 29.7 Å². The Labute approximate surface area is 194 Å². The number of pyridine rings is 1. The number of halogens is 2. The van der Waals surface area contributed by atoms with E-state index in [1.54, 1.807) is 12.1 Å². The van der Waals surface area contributed by atoms with Crippen LogP contribution >= 0.6 is 23.2 Å². The number of nitrogens with one attached hydrogen (secondary N) is 1. The normalized spacial score (nSPS) is 19.2. The molecule has 1 aromatic heterocycles. The fourth-order valence-electron chi connectivity index (χ4n) is 4.30. The van der Waals surface area contributed by atoms with Crippen molar-refractivity contribution in [3.05, 3.63) is 63.9 Å². The van der Waals surface area contributed by atoms with Crippen molar-refractivity contribution in [2.24, 2.45) is 11.3 Å². The highest BCUT2D eigenvalue weighted by atomic mass is 35.5. The van der Waals surface area contributed by atoms with Crippen LogP contribution in [-0.4, -0.2) is 40.8 Å². The molecule has 7 heteroatoms. The van der Waals surface area contributed by atoms with E-state index in [-0.39, 0.29) is 23.1 Å². The zero-order valence-electron chi connectivity index (χ0n) is 18.4. The van der Waals surface area contributed by atoms with E-state index in [1.807, 2.05) is 30.9 Å². The molecule has 1 N–H and O–H groups in total. The van der Waals surface area contributed by atoms with Gasteiger partial charge in [0.25, 0.3) is 5.91 Å². The van der Waals surface area contributed by atoms with E-state index in [0.717, 1.165) is 11.4 Å². The molecule has 0 spiro atoms. The van der Waals surface area contributed by atoms with Crippen molar-refractivity contribution in [3.63, 3.8) is 0 Å². The van der Waals surface area contributed by atoms with Gasteiger partial charge in [0.15, 0.2) is 0 Å². The van der Waals surface area contributed by atoms with Crippen LogP contribution in [0.2, 0.25) is 10.2 Å². The average molecular weight is 462 g/mol. The molecular formula is C24H29Cl2N3O2. The van der Waals surface area contributed by atoms with Gasteiger partial charge in [-0.25, -0.2) is 4.98 Å². The van der Waals surface area contributed by atoms with Crippen LogP contribution in [0, 0.1) is 11.3 Å². The third-order valence-electron chi connectivity index (χ3n) is 6.02. The lowest BCUT2D eigenvalue weighted by Gasteiger charge is -2.45. The molecular weight excluding hydrogens is 433 g/mol. The standard InChI is InChI=1S/C24H29Cl2N3O2/c1-15(2)21(28-22(30)17-7-10-20(26)27-13-17)23(31)29-12-11-19(24(3,4)14-29)16-5-8-18(25)9-6-16/h5-10,13,15,19,21H,11-12,14H2,1-4H3,(H,28,30)/t19?,21-/m1/s1. The number of nitrogens with zero attached hydrogens (tertiary/aromatic N) is 2. The fraction of sp³-hybridized carbons (Fsp3) is 0.458. The van der Waals surface area contributed by atoms with Crippen molar-refractivity contribution >= 4 is 35.0 Å². The van der Waals surface area contributed by atoms with Crippen molar-refractivity contribution in [2.75, 3.05) is 13.1 Å². The number of piperidine rings is 1. The van der Waals surface area contributed by atoms with Gasteiger partial charge in [-0.15, -0.1) is 0 Å². The maximum absolute atomic E-state index is 13.4. The molecule has 0 aliphatic carbocycles. The second-order valence-corrected chi connectivity index (χ2v) is 10.0. The van der Waals surface area contributed by atoms with Gasteiger partial charge in [0.05, 0.1) is 5.56 Å². The first kappa shape index (κ1) is 23.6. The van der Waals surface area contributed by atoms with E-state index in [1.165, 1.54) is 11.8 Å². The van der Waals surface area contributed by atoms with E-state index in [4.69, 9.17) is 23.2 Å². The van der Waals surface area contributed by atoms with E-state index in [9.17, 15) is 9.59 Å². The summed E-state index contributed by atoms with van der Waals surface area (Å²) in [7, 11) is 0. The molecule has 0 bridgehead atoms. The van der Waals surface area contributed by atoms with Gasteiger partial charge >= 0.3 is 0 Å². The summed E-state index contributed by atoms with van der Waals surface area (Å²) in [5.41, 5.74) is 1.52. The first-order chi connectivity index (χ1) is 14.6. The summed E-state index contributed by atoms with van der Waals surface area (Å²) in [6.07, 6.45) is 2.28. The number of likely N-dealkylation sites (tertiary alicyclic amines) is 1. The third-order valence-corrected chi connectivity index (χ3v) is 6.50. The second-order valence-electron chi connectivity index (χ2n) is 9.21. The molecule has 2 amide bonds. The number of benzene rings is 1. The largest absolute Gasteiger partial charge is 0.340 e. The Bertz CT molecular complexity index is 927. The number of carbonyl (C=O) groups excluding carboxylic acids is 2. The summed E-state index contributed by atoms with van der Waals surface area (Å²) < 4.78 is 0. The monoisotopic (exact) mass is 461 g/mol. The van der Waals surface area contributed by atoms with Gasteiger partial charge in [0.1, 0.15) is 11.2 Å². The Morgan fingerprint density at radius 3 is 2.35 bits per heavy atom. The molecule has 1 aliphatic heterocycles. The Morgan fingerprint density at radius 1 is 1.13 bits per heavy atom. The van der Waals surface area contributed by atoms with Crippen molar-refractivity contribution < 1.29 is 9.59 Å². The van der Waals surface area contributed by atoms with Crippen LogP contribution in [0.15, 0.2) is 42.6 Å². The minimum absolute atomic E-state index is 0.0474. The number of hydrogen-bond acceptors (Lipinski definition) is 3.